The van der Waals surface area contributed by atoms with Gasteiger partial charge in [0.1, 0.15) is 5.75 Å². The molecule has 0 atom stereocenters. The van der Waals surface area contributed by atoms with Crippen LogP contribution in [-0.2, 0) is 0 Å². The first-order chi connectivity index (χ1) is 15.4. The normalized spacial score (nSPS) is 10.0. The summed E-state index contributed by atoms with van der Waals surface area (Å²) in [6, 6.07) is 9.74. The second kappa shape index (κ2) is 12.4. The number of rotatable bonds is 9. The Hall–Kier alpha value is -3.53. The van der Waals surface area contributed by atoms with Gasteiger partial charge < -0.3 is 18.9 Å². The number of hydrogen-bond donors (Lipinski definition) is 3. The molecule has 2 aromatic carbocycles. The van der Waals surface area contributed by atoms with Crippen LogP contribution >= 0.6 is 12.2 Å². The predicted molar refractivity (Wildman–Crippen MR) is 124 cm³/mol. The summed E-state index contributed by atoms with van der Waals surface area (Å²) in [5.74, 6) is 0.657. The number of carbonyl (C=O) groups excluding carboxylic acids is 2. The van der Waals surface area contributed by atoms with Gasteiger partial charge in [-0.05, 0) is 49.0 Å². The zero-order valence-electron chi connectivity index (χ0n) is 18.4. The van der Waals surface area contributed by atoms with Crippen molar-refractivity contribution in [2.45, 2.75) is 19.8 Å². The summed E-state index contributed by atoms with van der Waals surface area (Å²) >= 11 is 5.10. The number of hydrazine groups is 1. The molecule has 0 saturated carbocycles. The maximum Gasteiger partial charge on any atom is 0.269 e. The van der Waals surface area contributed by atoms with Gasteiger partial charge in [-0.2, -0.15) is 0 Å². The minimum absolute atomic E-state index is 0.0758. The molecule has 0 aliphatic rings. The lowest BCUT2D eigenvalue weighted by atomic mass is 10.1. The molecular weight excluding hydrogens is 434 g/mol. The minimum Gasteiger partial charge on any atom is -0.494 e. The monoisotopic (exact) mass is 461 g/mol. The predicted octanol–water partition coefficient (Wildman–Crippen LogP) is 2.84. The first-order valence-electron chi connectivity index (χ1n) is 9.88. The molecule has 9 nitrogen and oxygen atoms in total. The lowest BCUT2D eigenvalue weighted by Gasteiger charge is -2.15. The van der Waals surface area contributed by atoms with Gasteiger partial charge in [0, 0.05) is 11.1 Å². The van der Waals surface area contributed by atoms with Gasteiger partial charge in [0.15, 0.2) is 16.6 Å². The Morgan fingerprint density at radius 3 is 2.19 bits per heavy atom. The Kier molecular flexibility index (Phi) is 9.55. The van der Waals surface area contributed by atoms with Crippen molar-refractivity contribution in [3.8, 4) is 23.0 Å². The fourth-order valence-corrected chi connectivity index (χ4v) is 2.81. The van der Waals surface area contributed by atoms with Crippen molar-refractivity contribution in [3.63, 3.8) is 0 Å². The highest BCUT2D eigenvalue weighted by molar-refractivity contribution is 7.80. The molecule has 0 aromatic heterocycles. The first-order valence-corrected chi connectivity index (χ1v) is 10.3. The molecule has 0 unspecified atom stereocenters. The van der Waals surface area contributed by atoms with Crippen LogP contribution in [0, 0.1) is 0 Å². The fraction of sp³-hybridized carbons (Fsp3) is 0.318. The van der Waals surface area contributed by atoms with Crippen LogP contribution in [0.2, 0.25) is 0 Å². The minimum atomic E-state index is -0.521. The first kappa shape index (κ1) is 24.7. The molecule has 0 bridgehead atoms. The average Bonchev–Trinajstić information content (AvgIpc) is 2.81. The van der Waals surface area contributed by atoms with Crippen molar-refractivity contribution in [1.82, 2.24) is 16.2 Å². The van der Waals surface area contributed by atoms with E-state index in [-0.39, 0.29) is 10.7 Å². The second-order valence-electron chi connectivity index (χ2n) is 6.51. The molecule has 3 N–H and O–H groups in total. The van der Waals surface area contributed by atoms with E-state index in [0.717, 1.165) is 12.8 Å². The molecule has 0 aliphatic heterocycles. The van der Waals surface area contributed by atoms with Gasteiger partial charge in [-0.15, -0.1) is 0 Å². The van der Waals surface area contributed by atoms with Gasteiger partial charge in [0.2, 0.25) is 5.75 Å². The molecular formula is C22H27N3O6S. The molecule has 0 saturated heterocycles. The maximum absolute atomic E-state index is 12.5. The molecule has 0 radical (unpaired) electrons. The number of benzene rings is 2. The Bertz CT molecular complexity index is 941. The quantitative estimate of drug-likeness (QED) is 0.297. The highest BCUT2D eigenvalue weighted by Gasteiger charge is 2.17. The van der Waals surface area contributed by atoms with Crippen molar-refractivity contribution in [2.24, 2.45) is 0 Å². The SMILES string of the molecule is CCCCOc1cccc(C(=O)NC(=S)NNC(=O)c2cc(OC)c(OC)c(OC)c2)c1. The molecule has 2 aromatic rings. The van der Waals surface area contributed by atoms with Crippen molar-refractivity contribution in [2.75, 3.05) is 27.9 Å². The zero-order valence-corrected chi connectivity index (χ0v) is 19.3. The standard InChI is InChI=1S/C22H27N3O6S/c1-5-6-10-31-16-9-7-8-14(11-16)20(26)23-22(32)25-24-21(27)15-12-17(28-2)19(30-4)18(13-15)29-3/h7-9,11-13H,5-6,10H2,1-4H3,(H,24,27)(H2,23,25,26,32). The zero-order chi connectivity index (χ0) is 23.5. The molecule has 10 heteroatoms. The number of ether oxygens (including phenoxy) is 4. The van der Waals surface area contributed by atoms with Crippen LogP contribution in [0.4, 0.5) is 0 Å². The van der Waals surface area contributed by atoms with Crippen molar-refractivity contribution in [1.29, 1.82) is 0 Å². The van der Waals surface area contributed by atoms with Crippen LogP contribution in [-0.4, -0.2) is 44.9 Å². The third kappa shape index (κ3) is 6.74. The topological polar surface area (TPSA) is 107 Å². The fourth-order valence-electron chi connectivity index (χ4n) is 2.67. The van der Waals surface area contributed by atoms with Gasteiger partial charge in [-0.25, -0.2) is 0 Å². The Balaban J connectivity index is 1.96. The van der Waals surface area contributed by atoms with Crippen LogP contribution in [0.25, 0.3) is 0 Å². The van der Waals surface area contributed by atoms with Gasteiger partial charge >= 0.3 is 0 Å². The summed E-state index contributed by atoms with van der Waals surface area (Å²) < 4.78 is 21.3. The highest BCUT2D eigenvalue weighted by Crippen LogP contribution is 2.38. The summed E-state index contributed by atoms with van der Waals surface area (Å²) in [6.07, 6.45) is 1.94. The number of carbonyl (C=O) groups is 2. The summed E-state index contributed by atoms with van der Waals surface area (Å²) in [5, 5.41) is 2.43. The van der Waals surface area contributed by atoms with Gasteiger partial charge in [0.25, 0.3) is 11.8 Å². The van der Waals surface area contributed by atoms with E-state index >= 15 is 0 Å². The molecule has 2 amide bonds. The van der Waals surface area contributed by atoms with Crippen LogP contribution in [0.3, 0.4) is 0 Å². The number of methoxy groups -OCH3 is 3. The molecule has 0 aliphatic carbocycles. The highest BCUT2D eigenvalue weighted by atomic mass is 32.1. The molecule has 172 valence electrons. The summed E-state index contributed by atoms with van der Waals surface area (Å²) in [7, 11) is 4.37. The number of unbranched alkanes of at least 4 members (excludes halogenated alkanes) is 1. The van der Waals surface area contributed by atoms with Crippen LogP contribution in [0.1, 0.15) is 40.5 Å². The van der Waals surface area contributed by atoms with Crippen LogP contribution in [0.15, 0.2) is 36.4 Å². The smallest absolute Gasteiger partial charge is 0.269 e. The van der Waals surface area contributed by atoms with Crippen LogP contribution < -0.4 is 35.1 Å². The van der Waals surface area contributed by atoms with E-state index in [9.17, 15) is 9.59 Å². The number of amides is 2. The van der Waals surface area contributed by atoms with Crippen molar-refractivity contribution < 1.29 is 28.5 Å². The molecule has 0 fully saturated rings. The van der Waals surface area contributed by atoms with Crippen LogP contribution in [0.5, 0.6) is 23.0 Å². The van der Waals surface area contributed by atoms with Crippen molar-refractivity contribution >= 4 is 29.1 Å². The van der Waals surface area contributed by atoms with Gasteiger partial charge in [-0.3, -0.25) is 25.8 Å². The molecule has 0 spiro atoms. The lowest BCUT2D eigenvalue weighted by Crippen LogP contribution is -2.48. The Morgan fingerprint density at radius 2 is 1.59 bits per heavy atom. The van der Waals surface area contributed by atoms with Crippen molar-refractivity contribution in [3.05, 3.63) is 47.5 Å². The number of hydrogen-bond acceptors (Lipinski definition) is 7. The van der Waals surface area contributed by atoms with E-state index in [2.05, 4.69) is 23.1 Å². The second-order valence-corrected chi connectivity index (χ2v) is 6.91. The third-order valence-corrected chi connectivity index (χ3v) is 4.51. The third-order valence-electron chi connectivity index (χ3n) is 4.31. The summed E-state index contributed by atoms with van der Waals surface area (Å²) in [6.45, 7) is 2.65. The van der Waals surface area contributed by atoms with Gasteiger partial charge in [-0.1, -0.05) is 19.4 Å². The van der Waals surface area contributed by atoms with Gasteiger partial charge in [0.05, 0.1) is 27.9 Å². The van der Waals surface area contributed by atoms with E-state index in [0.29, 0.717) is 35.2 Å². The maximum atomic E-state index is 12.5. The van der Waals surface area contributed by atoms with E-state index in [4.69, 9.17) is 31.2 Å². The Labute approximate surface area is 192 Å². The molecule has 0 heterocycles. The molecule has 32 heavy (non-hydrogen) atoms. The number of nitrogens with one attached hydrogen (secondary N) is 3. The lowest BCUT2D eigenvalue weighted by molar-refractivity contribution is 0.0934. The molecule has 2 rings (SSSR count). The van der Waals surface area contributed by atoms with E-state index in [1.54, 1.807) is 24.3 Å². The number of thiocarbonyl (C=S) groups is 1. The summed E-state index contributed by atoms with van der Waals surface area (Å²) in [5.41, 5.74) is 5.53. The summed E-state index contributed by atoms with van der Waals surface area (Å²) in [4.78, 5) is 24.9. The van der Waals surface area contributed by atoms with E-state index < -0.39 is 11.8 Å². The average molecular weight is 462 g/mol. The largest absolute Gasteiger partial charge is 0.494 e. The Morgan fingerprint density at radius 1 is 0.906 bits per heavy atom. The van der Waals surface area contributed by atoms with E-state index in [1.807, 2.05) is 0 Å². The van der Waals surface area contributed by atoms with E-state index in [1.165, 1.54) is 33.5 Å².